The van der Waals surface area contributed by atoms with Gasteiger partial charge in [0.15, 0.2) is 10.2 Å². The number of fused-ring (bicyclic) bond motifs is 1. The molecule has 0 aliphatic rings. The normalized spacial score (nSPS) is 10.7. The molecule has 0 bridgehead atoms. The summed E-state index contributed by atoms with van der Waals surface area (Å²) in [6, 6.07) is 8.97. The predicted octanol–water partition coefficient (Wildman–Crippen LogP) is 5.64. The third-order valence-electron chi connectivity index (χ3n) is 3.29. The first kappa shape index (κ1) is 18.8. The van der Waals surface area contributed by atoms with Gasteiger partial charge in [-0.2, -0.15) is 0 Å². The van der Waals surface area contributed by atoms with Gasteiger partial charge in [0.25, 0.3) is 5.91 Å². The molecule has 0 saturated heterocycles. The van der Waals surface area contributed by atoms with Crippen molar-refractivity contribution in [2.75, 3.05) is 5.32 Å². The number of nitrogens with zero attached hydrogens (tertiary/aromatic N) is 1. The molecule has 2 N–H and O–H groups in total. The van der Waals surface area contributed by atoms with Crippen molar-refractivity contribution < 1.29 is 4.79 Å². The van der Waals surface area contributed by atoms with Crippen LogP contribution in [0, 0.1) is 10.5 Å². The van der Waals surface area contributed by atoms with Gasteiger partial charge in [0.1, 0.15) is 0 Å². The smallest absolute Gasteiger partial charge is 0.258 e. The number of rotatable bonds is 2. The molecule has 1 heterocycles. The van der Waals surface area contributed by atoms with Gasteiger partial charge in [-0.25, -0.2) is 4.98 Å². The number of halogens is 3. The summed E-state index contributed by atoms with van der Waals surface area (Å²) in [5.41, 5.74) is 2.12. The summed E-state index contributed by atoms with van der Waals surface area (Å²) in [5, 5.41) is 7.30. The lowest BCUT2D eigenvalue weighted by atomic mass is 10.2. The summed E-state index contributed by atoms with van der Waals surface area (Å²) >= 11 is 20.9. The Morgan fingerprint density at radius 2 is 2.00 bits per heavy atom. The molecule has 1 amide bonds. The van der Waals surface area contributed by atoms with Gasteiger partial charge < -0.3 is 5.32 Å². The average Bonchev–Trinajstić information content (AvgIpc) is 2.90. The number of thiazole rings is 1. The fraction of sp³-hybridized carbons (Fsp3) is 0.0625. The Labute approximate surface area is 177 Å². The Balaban J connectivity index is 1.74. The number of benzene rings is 2. The van der Waals surface area contributed by atoms with E-state index < -0.39 is 0 Å². The number of hydrogen-bond acceptors (Lipinski definition) is 4. The second-order valence-corrected chi connectivity index (χ2v) is 8.62. The molecule has 9 heteroatoms. The molecule has 0 unspecified atom stereocenters. The van der Waals surface area contributed by atoms with Crippen molar-refractivity contribution in [3.8, 4) is 0 Å². The third kappa shape index (κ3) is 4.40. The van der Waals surface area contributed by atoms with Gasteiger partial charge in [0.2, 0.25) is 0 Å². The molecule has 0 spiro atoms. The summed E-state index contributed by atoms with van der Waals surface area (Å²) in [5.74, 6) is -0.374. The lowest BCUT2D eigenvalue weighted by molar-refractivity contribution is 0.0978. The molecular formula is C16H10Cl2IN3OS2. The van der Waals surface area contributed by atoms with Gasteiger partial charge in [-0.05, 0) is 77.6 Å². The van der Waals surface area contributed by atoms with Gasteiger partial charge in [0.05, 0.1) is 20.8 Å². The van der Waals surface area contributed by atoms with Crippen LogP contribution >= 0.6 is 69.3 Å². The van der Waals surface area contributed by atoms with E-state index in [4.69, 9.17) is 35.4 Å². The van der Waals surface area contributed by atoms with Crippen LogP contribution in [0.25, 0.3) is 10.2 Å². The van der Waals surface area contributed by atoms with Gasteiger partial charge in [-0.1, -0.05) is 34.5 Å². The van der Waals surface area contributed by atoms with Crippen molar-refractivity contribution in [2.45, 2.75) is 6.92 Å². The first-order valence-electron chi connectivity index (χ1n) is 6.97. The summed E-state index contributed by atoms with van der Waals surface area (Å²) in [6.07, 6.45) is 0. The van der Waals surface area contributed by atoms with E-state index in [1.165, 1.54) is 11.3 Å². The number of anilines is 1. The van der Waals surface area contributed by atoms with Gasteiger partial charge >= 0.3 is 0 Å². The van der Waals surface area contributed by atoms with Crippen LogP contribution in [0.4, 0.5) is 5.13 Å². The van der Waals surface area contributed by atoms with E-state index in [2.05, 4.69) is 38.2 Å². The van der Waals surface area contributed by atoms with Crippen LogP contribution in [-0.4, -0.2) is 16.0 Å². The highest BCUT2D eigenvalue weighted by Crippen LogP contribution is 2.30. The lowest BCUT2D eigenvalue weighted by Crippen LogP contribution is -2.34. The standard InChI is InChI=1S/C16H10Cl2IN3OS2/c1-7-4-13-12(6-11(7)18)20-16(25-13)22-15(24)21-14(23)9-5-8(19)2-3-10(9)17/h2-6H,1H3,(H2,20,21,22,23,24). The lowest BCUT2D eigenvalue weighted by Gasteiger charge is -2.08. The first-order chi connectivity index (χ1) is 11.8. The van der Waals surface area contributed by atoms with Crippen LogP contribution in [0.1, 0.15) is 15.9 Å². The molecule has 4 nitrogen and oxygen atoms in total. The van der Waals surface area contributed by atoms with Crippen molar-refractivity contribution in [3.63, 3.8) is 0 Å². The highest BCUT2D eigenvalue weighted by Gasteiger charge is 2.14. The number of carbonyl (C=O) groups is 1. The molecule has 2 aromatic carbocycles. The van der Waals surface area contributed by atoms with Crippen molar-refractivity contribution in [1.29, 1.82) is 0 Å². The van der Waals surface area contributed by atoms with E-state index in [1.54, 1.807) is 18.2 Å². The van der Waals surface area contributed by atoms with E-state index in [-0.39, 0.29) is 11.0 Å². The number of hydrogen-bond donors (Lipinski definition) is 2. The third-order valence-corrected chi connectivity index (χ3v) is 5.83. The number of amides is 1. The van der Waals surface area contributed by atoms with Gasteiger partial charge in [0, 0.05) is 8.59 Å². The molecule has 0 aliphatic carbocycles. The van der Waals surface area contributed by atoms with E-state index in [9.17, 15) is 4.79 Å². The van der Waals surface area contributed by atoms with Crippen LogP contribution in [0.3, 0.4) is 0 Å². The fourth-order valence-corrected chi connectivity index (χ4v) is 4.13. The quantitative estimate of drug-likeness (QED) is 0.338. The summed E-state index contributed by atoms with van der Waals surface area (Å²) < 4.78 is 1.89. The van der Waals surface area contributed by atoms with Crippen LogP contribution < -0.4 is 10.6 Å². The SMILES string of the molecule is Cc1cc2sc(NC(=S)NC(=O)c3cc(I)ccc3Cl)nc2cc1Cl. The van der Waals surface area contributed by atoms with Crippen LogP contribution in [0.15, 0.2) is 30.3 Å². The largest absolute Gasteiger partial charge is 0.308 e. The number of aromatic nitrogens is 1. The maximum absolute atomic E-state index is 12.3. The van der Waals surface area contributed by atoms with Crippen molar-refractivity contribution >= 4 is 95.7 Å². The zero-order valence-corrected chi connectivity index (χ0v) is 18.0. The number of thiocarbonyl (C=S) groups is 1. The maximum Gasteiger partial charge on any atom is 0.258 e. The molecule has 0 aliphatic heterocycles. The van der Waals surface area contributed by atoms with Crippen LogP contribution in [0.5, 0.6) is 0 Å². The zero-order chi connectivity index (χ0) is 18.1. The second kappa shape index (κ2) is 7.71. The molecule has 0 saturated carbocycles. The second-order valence-electron chi connectivity index (χ2n) is 5.12. The minimum atomic E-state index is -0.374. The van der Waals surface area contributed by atoms with E-state index >= 15 is 0 Å². The van der Waals surface area contributed by atoms with Gasteiger partial charge in [-0.3, -0.25) is 10.1 Å². The van der Waals surface area contributed by atoms with E-state index in [0.29, 0.717) is 20.7 Å². The molecule has 0 radical (unpaired) electrons. The molecule has 25 heavy (non-hydrogen) atoms. The average molecular weight is 522 g/mol. The molecular weight excluding hydrogens is 512 g/mol. The highest BCUT2D eigenvalue weighted by atomic mass is 127. The summed E-state index contributed by atoms with van der Waals surface area (Å²) in [7, 11) is 0. The van der Waals surface area contributed by atoms with E-state index in [1.807, 2.05) is 19.1 Å². The predicted molar refractivity (Wildman–Crippen MR) is 117 cm³/mol. The molecule has 3 aromatic rings. The Hall–Kier alpha value is -1.00. The van der Waals surface area contributed by atoms with Crippen molar-refractivity contribution in [3.05, 3.63) is 55.1 Å². The summed E-state index contributed by atoms with van der Waals surface area (Å²) in [6.45, 7) is 1.93. The summed E-state index contributed by atoms with van der Waals surface area (Å²) in [4.78, 5) is 16.7. The topological polar surface area (TPSA) is 54.0 Å². The Morgan fingerprint density at radius 1 is 1.24 bits per heavy atom. The molecule has 0 fully saturated rings. The molecule has 1 aromatic heterocycles. The highest BCUT2D eigenvalue weighted by molar-refractivity contribution is 14.1. The Bertz CT molecular complexity index is 967. The van der Waals surface area contributed by atoms with E-state index in [0.717, 1.165) is 19.4 Å². The fourth-order valence-electron chi connectivity index (χ4n) is 2.07. The zero-order valence-electron chi connectivity index (χ0n) is 12.7. The van der Waals surface area contributed by atoms with Gasteiger partial charge in [-0.15, -0.1) is 0 Å². The minimum absolute atomic E-state index is 0.154. The van der Waals surface area contributed by atoms with Crippen LogP contribution in [-0.2, 0) is 0 Å². The molecule has 3 rings (SSSR count). The van der Waals surface area contributed by atoms with Crippen molar-refractivity contribution in [1.82, 2.24) is 10.3 Å². The number of aryl methyl sites for hydroxylation is 1. The van der Waals surface area contributed by atoms with Crippen molar-refractivity contribution in [2.24, 2.45) is 0 Å². The number of nitrogens with one attached hydrogen (secondary N) is 2. The Kier molecular flexibility index (Phi) is 5.79. The van der Waals surface area contributed by atoms with Crippen LogP contribution in [0.2, 0.25) is 10.0 Å². The Morgan fingerprint density at radius 3 is 2.76 bits per heavy atom. The molecule has 0 atom stereocenters. The monoisotopic (exact) mass is 521 g/mol. The first-order valence-corrected chi connectivity index (χ1v) is 10.0. The molecule has 128 valence electrons. The maximum atomic E-state index is 12.3. The number of carbonyl (C=O) groups excluding carboxylic acids is 1. The minimum Gasteiger partial charge on any atom is -0.308 e.